The highest BCUT2D eigenvalue weighted by atomic mass is 35.5. The molecule has 0 aromatic heterocycles. The van der Waals surface area contributed by atoms with Crippen LogP contribution in [0.3, 0.4) is 0 Å². The Bertz CT molecular complexity index is 626. The summed E-state index contributed by atoms with van der Waals surface area (Å²) in [6.45, 7) is 1.66. The second-order valence-electron chi connectivity index (χ2n) is 5.03. The highest BCUT2D eigenvalue weighted by molar-refractivity contribution is 5.96. The second-order valence-corrected chi connectivity index (χ2v) is 5.03. The van der Waals surface area contributed by atoms with E-state index < -0.39 is 0 Å². The number of hydrogen-bond acceptors (Lipinski definition) is 2. The molecule has 0 unspecified atom stereocenters. The molecule has 2 rings (SSSR count). The van der Waals surface area contributed by atoms with Gasteiger partial charge in [-0.3, -0.25) is 4.79 Å². The van der Waals surface area contributed by atoms with Crippen LogP contribution in [0.2, 0.25) is 0 Å². The molecule has 2 N–H and O–H groups in total. The van der Waals surface area contributed by atoms with E-state index >= 15 is 0 Å². The molecule has 0 saturated carbocycles. The van der Waals surface area contributed by atoms with Crippen LogP contribution in [0.25, 0.3) is 6.08 Å². The Labute approximate surface area is 143 Å². The third-order valence-electron chi connectivity index (χ3n) is 3.38. The first-order valence-electron chi connectivity index (χ1n) is 7.50. The van der Waals surface area contributed by atoms with E-state index in [1.165, 1.54) is 5.56 Å². The Kier molecular flexibility index (Phi) is 8.73. The van der Waals surface area contributed by atoms with E-state index in [1.54, 1.807) is 13.2 Å². The molecule has 4 heteroatoms. The van der Waals surface area contributed by atoms with E-state index in [1.807, 2.05) is 36.4 Å². The molecule has 0 amide bonds. The van der Waals surface area contributed by atoms with Crippen LogP contribution in [0, 0.1) is 0 Å². The monoisotopic (exact) mass is 331 g/mol. The Hall–Kier alpha value is -2.10. The molecule has 0 atom stereocenters. The van der Waals surface area contributed by atoms with Gasteiger partial charge in [0.15, 0.2) is 5.78 Å². The SMILES string of the molecule is COc1cccc(C(=O)CC[NH2+]C/C=C/c2ccccc2)c1.[Cl-]. The maximum atomic E-state index is 12.1. The third kappa shape index (κ3) is 6.68. The first kappa shape index (κ1) is 18.9. The smallest absolute Gasteiger partial charge is 0.168 e. The summed E-state index contributed by atoms with van der Waals surface area (Å²) >= 11 is 0. The lowest BCUT2D eigenvalue weighted by atomic mass is 10.1. The number of carbonyl (C=O) groups excluding carboxylic acids is 1. The fraction of sp³-hybridized carbons (Fsp3) is 0.211. The molecule has 0 radical (unpaired) electrons. The summed E-state index contributed by atoms with van der Waals surface area (Å²) in [7, 11) is 1.61. The van der Waals surface area contributed by atoms with Gasteiger partial charge in [0.25, 0.3) is 0 Å². The predicted octanol–water partition coefficient (Wildman–Crippen LogP) is -0.451. The van der Waals surface area contributed by atoms with Gasteiger partial charge in [-0.1, -0.05) is 48.5 Å². The quantitative estimate of drug-likeness (QED) is 0.526. The number of methoxy groups -OCH3 is 1. The summed E-state index contributed by atoms with van der Waals surface area (Å²) in [6, 6.07) is 17.5. The van der Waals surface area contributed by atoms with Gasteiger partial charge in [0.1, 0.15) is 5.75 Å². The number of benzene rings is 2. The predicted molar refractivity (Wildman–Crippen MR) is 89.1 cm³/mol. The molecule has 0 heterocycles. The summed E-state index contributed by atoms with van der Waals surface area (Å²) in [6.07, 6.45) is 4.75. The molecule has 2 aromatic rings. The van der Waals surface area contributed by atoms with Crippen molar-refractivity contribution in [3.63, 3.8) is 0 Å². The van der Waals surface area contributed by atoms with Gasteiger partial charge in [0.2, 0.25) is 0 Å². The minimum absolute atomic E-state index is 0. The first-order valence-corrected chi connectivity index (χ1v) is 7.50. The number of nitrogens with two attached hydrogens (primary N) is 1. The van der Waals surface area contributed by atoms with Crippen LogP contribution in [0.5, 0.6) is 5.75 Å². The number of Topliss-reactive ketones (excluding diaryl/α,β-unsaturated/α-hetero) is 1. The fourth-order valence-electron chi connectivity index (χ4n) is 2.16. The Balaban J connectivity index is 0.00000264. The summed E-state index contributed by atoms with van der Waals surface area (Å²) in [5.41, 5.74) is 1.91. The summed E-state index contributed by atoms with van der Waals surface area (Å²) in [5.74, 6) is 0.878. The number of rotatable bonds is 8. The Morgan fingerprint density at radius 2 is 1.91 bits per heavy atom. The summed E-state index contributed by atoms with van der Waals surface area (Å²) in [4.78, 5) is 12.1. The molecular weight excluding hydrogens is 310 g/mol. The minimum atomic E-state index is 0. The lowest BCUT2D eigenvalue weighted by Crippen LogP contribution is -3.00. The molecular formula is C19H22ClNO2. The van der Waals surface area contributed by atoms with Crippen LogP contribution >= 0.6 is 0 Å². The zero-order chi connectivity index (χ0) is 15.6. The lowest BCUT2D eigenvalue weighted by molar-refractivity contribution is -0.644. The first-order chi connectivity index (χ1) is 10.8. The maximum absolute atomic E-state index is 12.1. The molecule has 2 aromatic carbocycles. The van der Waals surface area contributed by atoms with E-state index in [2.05, 4.69) is 29.6 Å². The molecule has 0 aliphatic rings. The zero-order valence-corrected chi connectivity index (χ0v) is 14.0. The van der Waals surface area contributed by atoms with Crippen molar-refractivity contribution in [2.24, 2.45) is 0 Å². The molecule has 3 nitrogen and oxygen atoms in total. The molecule has 0 saturated heterocycles. The molecule has 0 aliphatic carbocycles. The van der Waals surface area contributed by atoms with Gasteiger partial charge in [0, 0.05) is 5.56 Å². The average Bonchev–Trinajstić information content (AvgIpc) is 2.58. The Morgan fingerprint density at radius 3 is 2.65 bits per heavy atom. The average molecular weight is 332 g/mol. The van der Waals surface area contributed by atoms with Crippen LogP contribution < -0.4 is 22.5 Å². The summed E-state index contributed by atoms with van der Waals surface area (Å²) < 4.78 is 5.14. The molecule has 0 aliphatic heterocycles. The maximum Gasteiger partial charge on any atom is 0.168 e. The van der Waals surface area contributed by atoms with Crippen molar-refractivity contribution in [2.75, 3.05) is 20.2 Å². The highest BCUT2D eigenvalue weighted by Crippen LogP contribution is 2.13. The van der Waals surface area contributed by atoms with Gasteiger partial charge in [-0.15, -0.1) is 0 Å². The molecule has 0 bridgehead atoms. The standard InChI is InChI=1S/C19H21NO2.ClH/c1-22-18-11-5-10-17(15-18)19(21)12-14-20-13-6-9-16-7-3-2-4-8-16;/h2-11,15,20H,12-14H2,1H3;1H/b9-6+;. The van der Waals surface area contributed by atoms with E-state index in [0.717, 1.165) is 18.8 Å². The number of quaternary nitrogens is 1. The van der Waals surface area contributed by atoms with Crippen LogP contribution in [0.1, 0.15) is 22.3 Å². The highest BCUT2D eigenvalue weighted by Gasteiger charge is 2.07. The fourth-order valence-corrected chi connectivity index (χ4v) is 2.16. The van der Waals surface area contributed by atoms with Crippen molar-refractivity contribution in [2.45, 2.75) is 6.42 Å². The molecule has 0 fully saturated rings. The number of carbonyl (C=O) groups is 1. The molecule has 122 valence electrons. The normalized spacial score (nSPS) is 10.3. The van der Waals surface area contributed by atoms with Gasteiger partial charge in [-0.25, -0.2) is 0 Å². The van der Waals surface area contributed by atoms with Crippen molar-refractivity contribution in [1.82, 2.24) is 0 Å². The van der Waals surface area contributed by atoms with Crippen molar-refractivity contribution in [3.05, 3.63) is 71.8 Å². The van der Waals surface area contributed by atoms with Gasteiger partial charge in [0.05, 0.1) is 26.6 Å². The minimum Gasteiger partial charge on any atom is -1.00 e. The van der Waals surface area contributed by atoms with Crippen LogP contribution in [-0.2, 0) is 0 Å². The van der Waals surface area contributed by atoms with Crippen molar-refractivity contribution < 1.29 is 27.3 Å². The lowest BCUT2D eigenvalue weighted by Gasteiger charge is -2.03. The number of ether oxygens (including phenoxy) is 1. The third-order valence-corrected chi connectivity index (χ3v) is 3.38. The van der Waals surface area contributed by atoms with Crippen LogP contribution in [0.4, 0.5) is 0 Å². The summed E-state index contributed by atoms with van der Waals surface area (Å²) in [5, 5.41) is 2.14. The van der Waals surface area contributed by atoms with E-state index in [-0.39, 0.29) is 18.2 Å². The van der Waals surface area contributed by atoms with Crippen LogP contribution in [-0.4, -0.2) is 26.0 Å². The van der Waals surface area contributed by atoms with E-state index in [9.17, 15) is 4.79 Å². The van der Waals surface area contributed by atoms with Crippen molar-refractivity contribution >= 4 is 11.9 Å². The zero-order valence-electron chi connectivity index (χ0n) is 13.2. The van der Waals surface area contributed by atoms with E-state index in [4.69, 9.17) is 4.74 Å². The van der Waals surface area contributed by atoms with E-state index in [0.29, 0.717) is 12.0 Å². The molecule has 23 heavy (non-hydrogen) atoms. The Morgan fingerprint density at radius 1 is 1.13 bits per heavy atom. The van der Waals surface area contributed by atoms with Gasteiger partial charge < -0.3 is 22.5 Å². The van der Waals surface area contributed by atoms with Gasteiger partial charge in [-0.05, 0) is 23.8 Å². The number of ketones is 1. The number of halogens is 1. The van der Waals surface area contributed by atoms with Crippen molar-refractivity contribution in [3.8, 4) is 5.75 Å². The largest absolute Gasteiger partial charge is 1.00 e. The molecule has 0 spiro atoms. The van der Waals surface area contributed by atoms with Crippen LogP contribution in [0.15, 0.2) is 60.7 Å². The topological polar surface area (TPSA) is 42.9 Å². The van der Waals surface area contributed by atoms with Crippen molar-refractivity contribution in [1.29, 1.82) is 0 Å². The van der Waals surface area contributed by atoms with Gasteiger partial charge >= 0.3 is 0 Å². The number of hydrogen-bond donors (Lipinski definition) is 1. The second kappa shape index (κ2) is 10.6. The van der Waals surface area contributed by atoms with Gasteiger partial charge in [-0.2, -0.15) is 0 Å².